The summed E-state index contributed by atoms with van der Waals surface area (Å²) >= 11 is 4.63. The Balaban J connectivity index is 2.10. The molecular weight excluding hydrogens is 280 g/mol. The summed E-state index contributed by atoms with van der Waals surface area (Å²) in [4.78, 5) is 15.6. The molecule has 0 atom stereocenters. The Bertz CT molecular complexity index is 492. The Kier molecular flexibility index (Phi) is 2.88. The fraction of sp³-hybridized carbons (Fsp3) is 0.111. The van der Waals surface area contributed by atoms with Gasteiger partial charge >= 0.3 is 0 Å². The maximum atomic E-state index is 11.6. The highest BCUT2D eigenvalue weighted by molar-refractivity contribution is 9.11. The first-order chi connectivity index (χ1) is 7.15. The highest BCUT2D eigenvalue weighted by atomic mass is 79.9. The number of anilines is 1. The van der Waals surface area contributed by atoms with Crippen molar-refractivity contribution in [3.63, 3.8) is 0 Å². The molecule has 0 aromatic carbocycles. The topological polar surface area (TPSA) is 55.1 Å². The molecule has 0 spiro atoms. The first-order valence-corrected chi connectivity index (χ1v) is 5.74. The molecular formula is C9H7BrN2O2S. The maximum absolute atomic E-state index is 11.6. The number of carbonyl (C=O) groups excluding carboxylic acids is 1. The molecule has 2 rings (SSSR count). The van der Waals surface area contributed by atoms with E-state index in [1.165, 1.54) is 17.6 Å². The molecule has 0 unspecified atom stereocenters. The zero-order valence-corrected chi connectivity index (χ0v) is 10.2. The van der Waals surface area contributed by atoms with E-state index >= 15 is 0 Å². The predicted octanol–water partition coefficient (Wildman–Crippen LogP) is 3.06. The average molecular weight is 287 g/mol. The minimum Gasteiger partial charge on any atom is -0.469 e. The van der Waals surface area contributed by atoms with Gasteiger partial charge in [-0.05, 0) is 28.9 Å². The SMILES string of the molecule is Cc1cc(C(=O)Nc2ncc(Br)s2)co1. The molecule has 0 radical (unpaired) electrons. The maximum Gasteiger partial charge on any atom is 0.260 e. The van der Waals surface area contributed by atoms with Gasteiger partial charge in [-0.25, -0.2) is 4.98 Å². The van der Waals surface area contributed by atoms with E-state index in [2.05, 4.69) is 26.2 Å². The second kappa shape index (κ2) is 4.16. The summed E-state index contributed by atoms with van der Waals surface area (Å²) in [6, 6.07) is 1.68. The number of furan rings is 1. The van der Waals surface area contributed by atoms with E-state index in [0.29, 0.717) is 16.5 Å². The van der Waals surface area contributed by atoms with Crippen molar-refractivity contribution >= 4 is 38.3 Å². The summed E-state index contributed by atoms with van der Waals surface area (Å²) < 4.78 is 5.92. The van der Waals surface area contributed by atoms with Crippen LogP contribution in [0.15, 0.2) is 26.7 Å². The monoisotopic (exact) mass is 286 g/mol. The molecule has 2 aromatic rings. The van der Waals surface area contributed by atoms with E-state index in [1.54, 1.807) is 19.2 Å². The highest BCUT2D eigenvalue weighted by Crippen LogP contribution is 2.23. The van der Waals surface area contributed by atoms with Crippen LogP contribution in [0.25, 0.3) is 0 Å². The van der Waals surface area contributed by atoms with Crippen molar-refractivity contribution in [2.24, 2.45) is 0 Å². The van der Waals surface area contributed by atoms with E-state index in [4.69, 9.17) is 4.42 Å². The zero-order chi connectivity index (χ0) is 10.8. The standard InChI is InChI=1S/C9H7BrN2O2S/c1-5-2-6(4-14-5)8(13)12-9-11-3-7(10)15-9/h2-4H,1H3,(H,11,12,13). The number of hydrogen-bond acceptors (Lipinski definition) is 4. The van der Waals surface area contributed by atoms with Crippen LogP contribution in [0.1, 0.15) is 16.1 Å². The van der Waals surface area contributed by atoms with Gasteiger partial charge in [0, 0.05) is 0 Å². The summed E-state index contributed by atoms with van der Waals surface area (Å²) in [5, 5.41) is 3.23. The second-order valence-electron chi connectivity index (χ2n) is 2.87. The lowest BCUT2D eigenvalue weighted by Gasteiger charge is -1.96. The second-order valence-corrected chi connectivity index (χ2v) is 5.28. The Morgan fingerprint density at radius 1 is 1.67 bits per heavy atom. The van der Waals surface area contributed by atoms with Crippen LogP contribution in [0.5, 0.6) is 0 Å². The van der Waals surface area contributed by atoms with Crippen molar-refractivity contribution < 1.29 is 9.21 Å². The lowest BCUT2D eigenvalue weighted by atomic mass is 10.3. The molecule has 2 heterocycles. The highest BCUT2D eigenvalue weighted by Gasteiger charge is 2.10. The molecule has 15 heavy (non-hydrogen) atoms. The van der Waals surface area contributed by atoms with Gasteiger partial charge in [-0.2, -0.15) is 0 Å². The van der Waals surface area contributed by atoms with Crippen molar-refractivity contribution in [1.82, 2.24) is 4.98 Å². The number of thiazole rings is 1. The molecule has 0 saturated heterocycles. The van der Waals surface area contributed by atoms with E-state index in [1.807, 2.05) is 0 Å². The van der Waals surface area contributed by atoms with Crippen molar-refractivity contribution in [1.29, 1.82) is 0 Å². The molecule has 78 valence electrons. The van der Waals surface area contributed by atoms with Crippen LogP contribution in [-0.2, 0) is 0 Å². The fourth-order valence-electron chi connectivity index (χ4n) is 1.04. The minimum atomic E-state index is -0.214. The number of amides is 1. The number of aromatic nitrogens is 1. The van der Waals surface area contributed by atoms with Gasteiger partial charge in [0.25, 0.3) is 5.91 Å². The van der Waals surface area contributed by atoms with Gasteiger partial charge in [-0.15, -0.1) is 0 Å². The number of aryl methyl sites for hydroxylation is 1. The summed E-state index contributed by atoms with van der Waals surface area (Å²) in [6.45, 7) is 1.79. The van der Waals surface area contributed by atoms with Gasteiger partial charge < -0.3 is 4.42 Å². The molecule has 0 bridgehead atoms. The van der Waals surface area contributed by atoms with Gasteiger partial charge in [0.15, 0.2) is 5.13 Å². The molecule has 2 aromatic heterocycles. The Labute approximate surface area is 98.5 Å². The lowest BCUT2D eigenvalue weighted by Crippen LogP contribution is -2.10. The number of rotatable bonds is 2. The van der Waals surface area contributed by atoms with Crippen LogP contribution in [-0.4, -0.2) is 10.9 Å². The van der Waals surface area contributed by atoms with E-state index in [0.717, 1.165) is 3.79 Å². The molecule has 6 heteroatoms. The molecule has 0 aliphatic rings. The number of hydrogen-bond donors (Lipinski definition) is 1. The van der Waals surface area contributed by atoms with Crippen LogP contribution in [0, 0.1) is 6.92 Å². The molecule has 0 fully saturated rings. The Hall–Kier alpha value is -1.14. The van der Waals surface area contributed by atoms with Gasteiger partial charge in [0.1, 0.15) is 12.0 Å². The Morgan fingerprint density at radius 3 is 3.00 bits per heavy atom. The summed E-state index contributed by atoms with van der Waals surface area (Å²) in [7, 11) is 0. The number of halogens is 1. The molecule has 0 aliphatic carbocycles. The molecule has 1 N–H and O–H groups in total. The summed E-state index contributed by atoms with van der Waals surface area (Å²) in [5.41, 5.74) is 0.499. The molecule has 4 nitrogen and oxygen atoms in total. The van der Waals surface area contributed by atoms with Crippen molar-refractivity contribution in [2.45, 2.75) is 6.92 Å². The zero-order valence-electron chi connectivity index (χ0n) is 7.78. The molecule has 0 saturated carbocycles. The largest absolute Gasteiger partial charge is 0.469 e. The lowest BCUT2D eigenvalue weighted by molar-refractivity contribution is 0.102. The third kappa shape index (κ3) is 2.45. The average Bonchev–Trinajstić information content (AvgIpc) is 2.75. The van der Waals surface area contributed by atoms with Crippen LogP contribution in [0.2, 0.25) is 0 Å². The smallest absolute Gasteiger partial charge is 0.260 e. The minimum absolute atomic E-state index is 0.214. The van der Waals surface area contributed by atoms with Crippen molar-refractivity contribution in [3.05, 3.63) is 33.6 Å². The first kappa shape index (κ1) is 10.4. The van der Waals surface area contributed by atoms with Crippen LogP contribution >= 0.6 is 27.3 Å². The van der Waals surface area contributed by atoms with E-state index < -0.39 is 0 Å². The third-order valence-electron chi connectivity index (χ3n) is 1.69. The fourth-order valence-corrected chi connectivity index (χ4v) is 2.15. The first-order valence-electron chi connectivity index (χ1n) is 4.13. The molecule has 0 aliphatic heterocycles. The molecule has 1 amide bonds. The van der Waals surface area contributed by atoms with E-state index in [-0.39, 0.29) is 5.91 Å². The number of nitrogens with zero attached hydrogens (tertiary/aromatic N) is 1. The van der Waals surface area contributed by atoms with E-state index in [9.17, 15) is 4.79 Å². The van der Waals surface area contributed by atoms with Crippen molar-refractivity contribution in [2.75, 3.05) is 5.32 Å². The normalized spacial score (nSPS) is 10.3. The number of carbonyl (C=O) groups is 1. The Morgan fingerprint density at radius 2 is 2.47 bits per heavy atom. The number of nitrogens with one attached hydrogen (secondary N) is 1. The summed E-state index contributed by atoms with van der Waals surface area (Å²) in [5.74, 6) is 0.495. The van der Waals surface area contributed by atoms with Gasteiger partial charge in [0.2, 0.25) is 0 Å². The van der Waals surface area contributed by atoms with Crippen LogP contribution < -0.4 is 5.32 Å². The predicted molar refractivity (Wildman–Crippen MR) is 61.2 cm³/mol. The van der Waals surface area contributed by atoms with Crippen LogP contribution in [0.3, 0.4) is 0 Å². The van der Waals surface area contributed by atoms with Crippen molar-refractivity contribution in [3.8, 4) is 0 Å². The third-order valence-corrected chi connectivity index (χ3v) is 3.08. The quantitative estimate of drug-likeness (QED) is 0.923. The van der Waals surface area contributed by atoms with Gasteiger partial charge in [-0.1, -0.05) is 11.3 Å². The van der Waals surface area contributed by atoms with Crippen LogP contribution in [0.4, 0.5) is 5.13 Å². The van der Waals surface area contributed by atoms with Gasteiger partial charge in [-0.3, -0.25) is 10.1 Å². The summed E-state index contributed by atoms with van der Waals surface area (Å²) in [6.07, 6.45) is 3.06. The van der Waals surface area contributed by atoms with Gasteiger partial charge in [0.05, 0.1) is 15.5 Å².